The number of amides is 1. The van der Waals surface area contributed by atoms with Gasteiger partial charge in [0.25, 0.3) is 0 Å². The van der Waals surface area contributed by atoms with Gasteiger partial charge in [-0.05, 0) is 69.2 Å². The van der Waals surface area contributed by atoms with Crippen LogP contribution in [0.1, 0.15) is 39.2 Å². The van der Waals surface area contributed by atoms with Crippen LogP contribution in [0.2, 0.25) is 0 Å². The molecule has 2 aliphatic heterocycles. The summed E-state index contributed by atoms with van der Waals surface area (Å²) in [5, 5.41) is 0. The average Bonchev–Trinajstić information content (AvgIpc) is 2.68. The lowest BCUT2D eigenvalue weighted by Gasteiger charge is -2.57. The number of piperidine rings is 2. The van der Waals surface area contributed by atoms with Gasteiger partial charge in [0.2, 0.25) is 10.0 Å². The standard InChI is InChI=1S/C25H30F2N2O4S/c1-25(2,3)33-24(30)29-19-11-17(12-19)23(28-34(4,31)32)21(29)13-16-10-18(26)14-20(22(16)27)15-8-6-5-7-9-15/h5-10,14,17,19,21,23,28H,11-13H2,1-4H3/t17?,19?,21-,23-/m0/s1. The van der Waals surface area contributed by atoms with Crippen molar-refractivity contribution in [2.45, 2.75) is 63.8 Å². The van der Waals surface area contributed by atoms with Crippen molar-refractivity contribution >= 4 is 16.1 Å². The Morgan fingerprint density at radius 3 is 2.38 bits per heavy atom. The van der Waals surface area contributed by atoms with E-state index in [9.17, 15) is 17.6 Å². The number of rotatable bonds is 5. The van der Waals surface area contributed by atoms with E-state index in [1.807, 2.05) is 0 Å². The van der Waals surface area contributed by atoms with Crippen molar-refractivity contribution in [3.8, 4) is 11.1 Å². The van der Waals surface area contributed by atoms with Crippen LogP contribution in [-0.4, -0.2) is 49.4 Å². The second kappa shape index (κ2) is 8.92. The highest BCUT2D eigenvalue weighted by molar-refractivity contribution is 7.88. The lowest BCUT2D eigenvalue weighted by atomic mass is 9.67. The topological polar surface area (TPSA) is 75.7 Å². The predicted octanol–water partition coefficient (Wildman–Crippen LogP) is 4.49. The van der Waals surface area contributed by atoms with Crippen molar-refractivity contribution < 1.29 is 26.7 Å². The smallest absolute Gasteiger partial charge is 0.410 e. The molecule has 2 saturated heterocycles. The molecule has 0 unspecified atom stereocenters. The molecule has 3 fully saturated rings. The van der Waals surface area contributed by atoms with Crippen molar-refractivity contribution in [2.24, 2.45) is 5.92 Å². The number of halogens is 2. The summed E-state index contributed by atoms with van der Waals surface area (Å²) in [6, 6.07) is 9.43. The van der Waals surface area contributed by atoms with Gasteiger partial charge < -0.3 is 9.64 Å². The van der Waals surface area contributed by atoms with E-state index < -0.39 is 45.4 Å². The third-order valence-electron chi connectivity index (χ3n) is 6.40. The molecule has 1 saturated carbocycles. The molecule has 9 heteroatoms. The molecule has 2 heterocycles. The summed E-state index contributed by atoms with van der Waals surface area (Å²) in [6.07, 6.45) is 1.68. The fourth-order valence-corrected chi connectivity index (χ4v) is 5.85. The van der Waals surface area contributed by atoms with Crippen LogP contribution < -0.4 is 4.72 Å². The molecule has 2 bridgehead atoms. The predicted molar refractivity (Wildman–Crippen MR) is 126 cm³/mol. The molecular formula is C25H30F2N2O4S. The normalized spacial score (nSPS) is 24.5. The average molecular weight is 493 g/mol. The van der Waals surface area contributed by atoms with E-state index in [2.05, 4.69) is 4.72 Å². The largest absolute Gasteiger partial charge is 0.444 e. The second-order valence-electron chi connectivity index (χ2n) is 10.3. The molecule has 2 aromatic rings. The fourth-order valence-electron chi connectivity index (χ4n) is 5.00. The van der Waals surface area contributed by atoms with E-state index in [-0.39, 0.29) is 29.5 Å². The minimum atomic E-state index is -3.61. The molecule has 1 amide bonds. The lowest BCUT2D eigenvalue weighted by molar-refractivity contribution is -0.0652. The molecule has 0 radical (unpaired) electrons. The Bertz CT molecular complexity index is 1180. The van der Waals surface area contributed by atoms with E-state index in [0.29, 0.717) is 18.4 Å². The molecule has 3 aliphatic rings. The van der Waals surface area contributed by atoms with Crippen LogP contribution in [0.5, 0.6) is 0 Å². The van der Waals surface area contributed by atoms with E-state index >= 15 is 4.39 Å². The van der Waals surface area contributed by atoms with Gasteiger partial charge in [-0.25, -0.2) is 26.7 Å². The summed E-state index contributed by atoms with van der Waals surface area (Å²) < 4.78 is 62.8. The van der Waals surface area contributed by atoms with E-state index in [1.54, 1.807) is 51.1 Å². The van der Waals surface area contributed by atoms with Crippen molar-refractivity contribution in [3.63, 3.8) is 0 Å². The first-order chi connectivity index (χ1) is 15.8. The van der Waals surface area contributed by atoms with Crippen LogP contribution in [0, 0.1) is 17.6 Å². The van der Waals surface area contributed by atoms with Crippen molar-refractivity contribution in [3.05, 3.63) is 59.7 Å². The van der Waals surface area contributed by atoms with Crippen LogP contribution in [-0.2, 0) is 21.2 Å². The summed E-state index contributed by atoms with van der Waals surface area (Å²) in [5.74, 6) is -1.18. The first-order valence-electron chi connectivity index (χ1n) is 11.3. The number of fused-ring (bicyclic) bond motifs is 2. The first-order valence-corrected chi connectivity index (χ1v) is 13.2. The maximum absolute atomic E-state index is 15.6. The minimum absolute atomic E-state index is 0.00799. The van der Waals surface area contributed by atoms with Crippen LogP contribution >= 0.6 is 0 Å². The van der Waals surface area contributed by atoms with Crippen LogP contribution in [0.3, 0.4) is 0 Å². The maximum atomic E-state index is 15.6. The van der Waals surface area contributed by atoms with Gasteiger partial charge in [0.1, 0.15) is 17.2 Å². The number of hydrogen-bond donors (Lipinski definition) is 1. The second-order valence-corrected chi connectivity index (χ2v) is 12.0. The Balaban J connectivity index is 1.74. The number of carbonyl (C=O) groups excluding carboxylic acids is 1. The van der Waals surface area contributed by atoms with Crippen molar-refractivity contribution in [2.75, 3.05) is 6.26 Å². The lowest BCUT2D eigenvalue weighted by Crippen LogP contribution is -2.70. The van der Waals surface area contributed by atoms with Gasteiger partial charge in [-0.15, -0.1) is 0 Å². The van der Waals surface area contributed by atoms with Gasteiger partial charge in [-0.1, -0.05) is 30.3 Å². The van der Waals surface area contributed by atoms with Crippen LogP contribution in [0.15, 0.2) is 42.5 Å². The van der Waals surface area contributed by atoms with Gasteiger partial charge in [0.05, 0.1) is 12.3 Å². The van der Waals surface area contributed by atoms with Crippen molar-refractivity contribution in [1.82, 2.24) is 9.62 Å². The Hall–Kier alpha value is -2.52. The molecule has 6 nitrogen and oxygen atoms in total. The number of benzene rings is 2. The summed E-state index contributed by atoms with van der Waals surface area (Å²) >= 11 is 0. The molecule has 1 N–H and O–H groups in total. The first kappa shape index (κ1) is 24.6. The number of hydrogen-bond acceptors (Lipinski definition) is 4. The Morgan fingerprint density at radius 2 is 1.79 bits per heavy atom. The summed E-state index contributed by atoms with van der Waals surface area (Å²) in [4.78, 5) is 14.7. The molecule has 34 heavy (non-hydrogen) atoms. The number of nitrogens with zero attached hydrogens (tertiary/aromatic N) is 1. The summed E-state index contributed by atoms with van der Waals surface area (Å²) in [6.45, 7) is 5.24. The van der Waals surface area contributed by atoms with Crippen molar-refractivity contribution in [1.29, 1.82) is 0 Å². The SMILES string of the molecule is CC(C)(C)OC(=O)N1C2CC(C2)[C@H](NS(C)(=O)=O)[C@@H]1Cc1cc(F)cc(-c2ccccc2)c1F. The summed E-state index contributed by atoms with van der Waals surface area (Å²) in [7, 11) is -3.61. The quantitative estimate of drug-likeness (QED) is 0.667. The molecule has 0 spiro atoms. The van der Waals surface area contributed by atoms with E-state index in [4.69, 9.17) is 4.74 Å². The van der Waals surface area contributed by atoms with E-state index in [1.165, 1.54) is 4.90 Å². The Morgan fingerprint density at radius 1 is 1.15 bits per heavy atom. The van der Waals surface area contributed by atoms with Crippen LogP contribution in [0.25, 0.3) is 11.1 Å². The maximum Gasteiger partial charge on any atom is 0.410 e. The highest BCUT2D eigenvalue weighted by Crippen LogP contribution is 2.45. The Kier molecular flexibility index (Phi) is 6.46. The fraction of sp³-hybridized carbons (Fsp3) is 0.480. The van der Waals surface area contributed by atoms with E-state index in [0.717, 1.165) is 18.4 Å². The molecule has 2 atom stereocenters. The van der Waals surface area contributed by atoms with Gasteiger partial charge in [-0.2, -0.15) is 0 Å². The van der Waals surface area contributed by atoms with Gasteiger partial charge >= 0.3 is 6.09 Å². The summed E-state index contributed by atoms with van der Waals surface area (Å²) in [5.41, 5.74) is -0.0267. The molecular weight excluding hydrogens is 462 g/mol. The highest BCUT2D eigenvalue weighted by atomic mass is 32.2. The number of ether oxygens (including phenoxy) is 1. The zero-order valence-electron chi connectivity index (χ0n) is 19.7. The third kappa shape index (κ3) is 5.25. The highest BCUT2D eigenvalue weighted by Gasteiger charge is 2.54. The van der Waals surface area contributed by atoms with Gasteiger partial charge in [-0.3, -0.25) is 0 Å². The molecule has 5 rings (SSSR count). The number of nitrogens with one attached hydrogen (secondary N) is 1. The van der Waals surface area contributed by atoms with Gasteiger partial charge in [0, 0.05) is 17.6 Å². The van der Waals surface area contributed by atoms with Crippen LogP contribution in [0.4, 0.5) is 13.6 Å². The molecule has 2 aromatic carbocycles. The zero-order chi connectivity index (χ0) is 24.8. The minimum Gasteiger partial charge on any atom is -0.444 e. The zero-order valence-corrected chi connectivity index (χ0v) is 20.5. The third-order valence-corrected chi connectivity index (χ3v) is 7.10. The molecule has 0 aromatic heterocycles. The molecule has 184 valence electrons. The number of carbonyl (C=O) groups is 1. The monoisotopic (exact) mass is 492 g/mol. The number of sulfonamides is 1. The Labute approximate surface area is 199 Å². The van der Waals surface area contributed by atoms with Gasteiger partial charge in [0.15, 0.2) is 0 Å². The molecule has 1 aliphatic carbocycles.